The lowest BCUT2D eigenvalue weighted by Crippen LogP contribution is -2.36. The van der Waals surface area contributed by atoms with Crippen LogP contribution in [-0.4, -0.2) is 48.7 Å². The molecule has 0 aliphatic rings. The first kappa shape index (κ1) is 14.7. The second-order valence-corrected chi connectivity index (χ2v) is 5.70. The lowest BCUT2D eigenvalue weighted by molar-refractivity contribution is -0.140. The van der Waals surface area contributed by atoms with E-state index in [0.717, 1.165) is 4.31 Å². The van der Waals surface area contributed by atoms with Crippen molar-refractivity contribution in [1.82, 2.24) is 14.1 Å². The van der Waals surface area contributed by atoms with E-state index in [9.17, 15) is 13.2 Å². The summed E-state index contributed by atoms with van der Waals surface area (Å²) in [5.74, 6) is -0.587. The van der Waals surface area contributed by atoms with Gasteiger partial charge in [0, 0.05) is 19.8 Å². The summed E-state index contributed by atoms with van der Waals surface area (Å²) >= 11 is 0. The normalized spacial score (nSPS) is 11.8. The summed E-state index contributed by atoms with van der Waals surface area (Å²) in [5, 5.41) is 3.82. The Balaban J connectivity index is 3.00. The van der Waals surface area contributed by atoms with Crippen LogP contribution in [0.4, 0.5) is 0 Å². The van der Waals surface area contributed by atoms with Crippen molar-refractivity contribution in [2.75, 3.05) is 20.2 Å². The molecule has 0 saturated heterocycles. The monoisotopic (exact) mass is 275 g/mol. The topological polar surface area (TPSA) is 81.5 Å². The van der Waals surface area contributed by atoms with Crippen molar-refractivity contribution < 1.29 is 17.9 Å². The van der Waals surface area contributed by atoms with E-state index >= 15 is 0 Å². The number of carbonyl (C=O) groups excluding carboxylic acids is 1. The van der Waals surface area contributed by atoms with E-state index in [1.807, 2.05) is 6.92 Å². The van der Waals surface area contributed by atoms with Crippen molar-refractivity contribution in [3.63, 3.8) is 0 Å². The maximum atomic E-state index is 12.3. The average molecular weight is 275 g/mol. The van der Waals surface area contributed by atoms with Crippen LogP contribution < -0.4 is 0 Å². The van der Waals surface area contributed by atoms with Gasteiger partial charge in [-0.05, 0) is 6.42 Å². The van der Waals surface area contributed by atoms with Crippen LogP contribution in [0.1, 0.15) is 13.3 Å². The number of aromatic nitrogens is 2. The van der Waals surface area contributed by atoms with Gasteiger partial charge < -0.3 is 4.74 Å². The SMILES string of the molecule is CCCN(CC(=O)OC)S(=O)(=O)c1cnn(C)c1. The fourth-order valence-electron chi connectivity index (χ4n) is 1.42. The van der Waals surface area contributed by atoms with Crippen molar-refractivity contribution in [1.29, 1.82) is 0 Å². The molecule has 0 aliphatic carbocycles. The van der Waals surface area contributed by atoms with E-state index in [-0.39, 0.29) is 18.0 Å². The van der Waals surface area contributed by atoms with Gasteiger partial charge in [-0.3, -0.25) is 9.48 Å². The number of carbonyl (C=O) groups is 1. The molecule has 102 valence electrons. The van der Waals surface area contributed by atoms with Crippen molar-refractivity contribution in [3.8, 4) is 0 Å². The Kier molecular flexibility index (Phi) is 4.85. The summed E-state index contributed by atoms with van der Waals surface area (Å²) in [6.45, 7) is 1.80. The van der Waals surface area contributed by atoms with Crippen LogP contribution in [0.15, 0.2) is 17.3 Å². The highest BCUT2D eigenvalue weighted by molar-refractivity contribution is 7.89. The van der Waals surface area contributed by atoms with Crippen LogP contribution in [0.25, 0.3) is 0 Å². The molecule has 8 heteroatoms. The predicted octanol–water partition coefficient (Wildman–Crippen LogP) is -0.00620. The van der Waals surface area contributed by atoms with Crippen LogP contribution >= 0.6 is 0 Å². The van der Waals surface area contributed by atoms with Crippen LogP contribution in [-0.2, 0) is 26.6 Å². The van der Waals surface area contributed by atoms with Crippen LogP contribution in [0.5, 0.6) is 0 Å². The van der Waals surface area contributed by atoms with Crippen molar-refractivity contribution in [3.05, 3.63) is 12.4 Å². The summed E-state index contributed by atoms with van der Waals surface area (Å²) in [6.07, 6.45) is 3.26. The molecular weight excluding hydrogens is 258 g/mol. The summed E-state index contributed by atoms with van der Waals surface area (Å²) in [6, 6.07) is 0. The van der Waals surface area contributed by atoms with Gasteiger partial charge in [0.2, 0.25) is 10.0 Å². The van der Waals surface area contributed by atoms with Crippen molar-refractivity contribution in [2.45, 2.75) is 18.2 Å². The molecule has 0 fully saturated rings. The smallest absolute Gasteiger partial charge is 0.321 e. The lowest BCUT2D eigenvalue weighted by Gasteiger charge is -2.19. The molecule has 1 heterocycles. The Morgan fingerprint density at radius 2 is 2.22 bits per heavy atom. The number of hydrogen-bond acceptors (Lipinski definition) is 5. The number of nitrogens with zero attached hydrogens (tertiary/aromatic N) is 3. The predicted molar refractivity (Wildman–Crippen MR) is 64.3 cm³/mol. The minimum absolute atomic E-state index is 0.0716. The molecule has 1 aromatic heterocycles. The van der Waals surface area contributed by atoms with Gasteiger partial charge in [-0.25, -0.2) is 8.42 Å². The Labute approximate surface area is 106 Å². The number of hydrogen-bond donors (Lipinski definition) is 0. The molecule has 0 aromatic carbocycles. The molecule has 18 heavy (non-hydrogen) atoms. The first-order valence-corrected chi connectivity index (χ1v) is 6.91. The zero-order chi connectivity index (χ0) is 13.8. The lowest BCUT2D eigenvalue weighted by atomic mass is 10.5. The highest BCUT2D eigenvalue weighted by Gasteiger charge is 2.27. The van der Waals surface area contributed by atoms with Gasteiger partial charge in [0.1, 0.15) is 11.4 Å². The van der Waals surface area contributed by atoms with Gasteiger partial charge >= 0.3 is 5.97 Å². The Hall–Kier alpha value is -1.41. The van der Waals surface area contributed by atoms with Gasteiger partial charge in [0.15, 0.2) is 0 Å². The largest absolute Gasteiger partial charge is 0.468 e. The molecule has 7 nitrogen and oxygen atoms in total. The third-order valence-corrected chi connectivity index (χ3v) is 4.12. The van der Waals surface area contributed by atoms with E-state index in [0.29, 0.717) is 6.42 Å². The van der Waals surface area contributed by atoms with E-state index in [1.165, 1.54) is 24.2 Å². The molecule has 0 atom stereocenters. The van der Waals surface area contributed by atoms with E-state index in [1.54, 1.807) is 7.05 Å². The summed E-state index contributed by atoms with van der Waals surface area (Å²) < 4.78 is 31.5. The number of ether oxygens (including phenoxy) is 1. The maximum absolute atomic E-state index is 12.3. The number of rotatable bonds is 6. The third kappa shape index (κ3) is 3.30. The number of aryl methyl sites for hydroxylation is 1. The first-order valence-electron chi connectivity index (χ1n) is 5.47. The summed E-state index contributed by atoms with van der Waals surface area (Å²) in [7, 11) is -0.845. The molecule has 1 rings (SSSR count). The second-order valence-electron chi connectivity index (χ2n) is 3.76. The number of methoxy groups -OCH3 is 1. The number of esters is 1. The summed E-state index contributed by atoms with van der Waals surface area (Å²) in [5.41, 5.74) is 0. The third-order valence-electron chi connectivity index (χ3n) is 2.33. The van der Waals surface area contributed by atoms with Crippen molar-refractivity contribution >= 4 is 16.0 Å². The van der Waals surface area contributed by atoms with Crippen LogP contribution in [0.3, 0.4) is 0 Å². The fraction of sp³-hybridized carbons (Fsp3) is 0.600. The maximum Gasteiger partial charge on any atom is 0.321 e. The standard InChI is InChI=1S/C10H17N3O4S/c1-4-5-13(8-10(14)17-3)18(15,16)9-6-11-12(2)7-9/h6-7H,4-5,8H2,1-3H3. The zero-order valence-corrected chi connectivity index (χ0v) is 11.5. The highest BCUT2D eigenvalue weighted by Crippen LogP contribution is 2.14. The van der Waals surface area contributed by atoms with Gasteiger partial charge in [-0.2, -0.15) is 9.40 Å². The van der Waals surface area contributed by atoms with E-state index in [4.69, 9.17) is 0 Å². The zero-order valence-electron chi connectivity index (χ0n) is 10.7. The molecule has 0 bridgehead atoms. The quantitative estimate of drug-likeness (QED) is 0.682. The molecule has 1 aromatic rings. The van der Waals surface area contributed by atoms with E-state index in [2.05, 4.69) is 9.84 Å². The highest BCUT2D eigenvalue weighted by atomic mass is 32.2. The fourth-order valence-corrected chi connectivity index (χ4v) is 2.89. The van der Waals surface area contributed by atoms with Gasteiger partial charge in [0.05, 0.1) is 13.3 Å². The minimum atomic E-state index is -3.70. The molecule has 0 aliphatic heterocycles. The van der Waals surface area contributed by atoms with Gasteiger partial charge in [0.25, 0.3) is 0 Å². The Bertz CT molecular complexity index is 509. The van der Waals surface area contributed by atoms with Gasteiger partial charge in [-0.1, -0.05) is 6.92 Å². The molecule has 0 radical (unpaired) electrons. The molecular formula is C10H17N3O4S. The minimum Gasteiger partial charge on any atom is -0.468 e. The summed E-state index contributed by atoms with van der Waals surface area (Å²) in [4.78, 5) is 11.3. The van der Waals surface area contributed by atoms with E-state index < -0.39 is 16.0 Å². The Morgan fingerprint density at radius 1 is 1.56 bits per heavy atom. The average Bonchev–Trinajstić information content (AvgIpc) is 2.75. The second kappa shape index (κ2) is 5.96. The number of sulfonamides is 1. The molecule has 0 saturated carbocycles. The first-order chi connectivity index (χ1) is 8.41. The molecule has 0 N–H and O–H groups in total. The van der Waals surface area contributed by atoms with Crippen molar-refractivity contribution in [2.24, 2.45) is 7.05 Å². The molecule has 0 unspecified atom stereocenters. The van der Waals surface area contributed by atoms with Crippen LogP contribution in [0.2, 0.25) is 0 Å². The molecule has 0 spiro atoms. The van der Waals surface area contributed by atoms with Crippen LogP contribution in [0, 0.1) is 0 Å². The Morgan fingerprint density at radius 3 is 2.67 bits per heavy atom. The van der Waals surface area contributed by atoms with Gasteiger partial charge in [-0.15, -0.1) is 0 Å². The molecule has 0 amide bonds.